The van der Waals surface area contributed by atoms with Crippen molar-refractivity contribution in [3.05, 3.63) is 29.8 Å². The number of para-hydroxylation sites is 1. The molecule has 1 aromatic rings. The normalized spacial score (nSPS) is 24.2. The van der Waals surface area contributed by atoms with E-state index in [0.29, 0.717) is 24.2 Å². The Morgan fingerprint density at radius 3 is 2.54 bits per heavy atom. The predicted molar refractivity (Wildman–Crippen MR) is 97.9 cm³/mol. The third-order valence-electron chi connectivity index (χ3n) is 5.84. The highest BCUT2D eigenvalue weighted by Crippen LogP contribution is 2.34. The van der Waals surface area contributed by atoms with E-state index in [9.17, 15) is 14.4 Å². The molecule has 6 nitrogen and oxygen atoms in total. The molecule has 3 aliphatic rings. The Kier molecular flexibility index (Phi) is 4.42. The van der Waals surface area contributed by atoms with Gasteiger partial charge in [-0.2, -0.15) is 0 Å². The van der Waals surface area contributed by atoms with Gasteiger partial charge in [0.25, 0.3) is 11.8 Å². The highest BCUT2D eigenvalue weighted by Gasteiger charge is 2.44. The fourth-order valence-corrected chi connectivity index (χ4v) is 4.45. The van der Waals surface area contributed by atoms with Gasteiger partial charge in [-0.25, -0.2) is 0 Å². The number of carbonyl (C=O) groups is 3. The third-order valence-corrected chi connectivity index (χ3v) is 5.84. The molecule has 0 aliphatic carbocycles. The SMILES string of the molecule is C[C@@H](C(=O)N1CCCCC1)N1C(=O)[C@H]2CCCN2C(=O)c2ccccc21. The molecule has 0 saturated carbocycles. The summed E-state index contributed by atoms with van der Waals surface area (Å²) in [6.45, 7) is 3.90. The molecule has 6 heteroatoms. The van der Waals surface area contributed by atoms with E-state index in [1.807, 2.05) is 17.0 Å². The summed E-state index contributed by atoms with van der Waals surface area (Å²) in [6, 6.07) is 6.12. The number of fused-ring (bicyclic) bond motifs is 2. The second-order valence-electron chi connectivity index (χ2n) is 7.44. The van der Waals surface area contributed by atoms with Crippen LogP contribution in [0.3, 0.4) is 0 Å². The van der Waals surface area contributed by atoms with E-state index < -0.39 is 12.1 Å². The summed E-state index contributed by atoms with van der Waals surface area (Å²) in [4.78, 5) is 44.5. The topological polar surface area (TPSA) is 60.9 Å². The Hall–Kier alpha value is -2.37. The van der Waals surface area contributed by atoms with Crippen molar-refractivity contribution in [2.75, 3.05) is 24.5 Å². The van der Waals surface area contributed by atoms with E-state index in [4.69, 9.17) is 0 Å². The van der Waals surface area contributed by atoms with E-state index in [1.165, 1.54) is 0 Å². The van der Waals surface area contributed by atoms with E-state index in [0.717, 1.165) is 38.8 Å². The number of hydrogen-bond donors (Lipinski definition) is 0. The minimum atomic E-state index is -0.602. The summed E-state index contributed by atoms with van der Waals surface area (Å²) in [7, 11) is 0. The van der Waals surface area contributed by atoms with Gasteiger partial charge in [0, 0.05) is 19.6 Å². The lowest BCUT2D eigenvalue weighted by Crippen LogP contribution is -2.54. The van der Waals surface area contributed by atoms with Crippen LogP contribution in [0.15, 0.2) is 24.3 Å². The number of nitrogens with zero attached hydrogens (tertiary/aromatic N) is 3. The van der Waals surface area contributed by atoms with Crippen LogP contribution in [0.2, 0.25) is 0 Å². The first-order valence-electron chi connectivity index (χ1n) is 9.61. The molecule has 26 heavy (non-hydrogen) atoms. The molecule has 0 bridgehead atoms. The summed E-state index contributed by atoms with van der Waals surface area (Å²) in [5.74, 6) is -0.248. The van der Waals surface area contributed by atoms with Gasteiger partial charge in [-0.05, 0) is 51.2 Å². The molecule has 0 aromatic heterocycles. The molecule has 0 N–H and O–H groups in total. The standard InChI is InChI=1S/C20H25N3O3/c1-14(18(24)21-11-5-2-6-12-21)23-16-9-4-3-8-15(16)19(25)22-13-7-10-17(22)20(23)26/h3-4,8-9,14,17H,2,5-7,10-13H2,1H3/t14-,17+/m0/s1. The Bertz CT molecular complexity index is 742. The lowest BCUT2D eigenvalue weighted by atomic mass is 10.1. The van der Waals surface area contributed by atoms with Crippen molar-refractivity contribution < 1.29 is 14.4 Å². The van der Waals surface area contributed by atoms with Crippen molar-refractivity contribution in [3.8, 4) is 0 Å². The quantitative estimate of drug-likeness (QED) is 0.816. The Morgan fingerprint density at radius 2 is 1.77 bits per heavy atom. The van der Waals surface area contributed by atoms with Crippen molar-refractivity contribution in [3.63, 3.8) is 0 Å². The summed E-state index contributed by atoms with van der Waals surface area (Å²) in [5.41, 5.74) is 1.08. The average molecular weight is 355 g/mol. The second-order valence-corrected chi connectivity index (χ2v) is 7.44. The largest absolute Gasteiger partial charge is 0.341 e. The zero-order chi connectivity index (χ0) is 18.3. The Labute approximate surface area is 153 Å². The third kappa shape index (κ3) is 2.68. The molecule has 0 spiro atoms. The van der Waals surface area contributed by atoms with Crippen LogP contribution in [-0.2, 0) is 9.59 Å². The number of piperidine rings is 1. The molecule has 2 saturated heterocycles. The predicted octanol–water partition coefficient (Wildman–Crippen LogP) is 2.04. The van der Waals surface area contributed by atoms with Crippen molar-refractivity contribution in [1.82, 2.24) is 9.80 Å². The van der Waals surface area contributed by atoms with Gasteiger partial charge in [-0.1, -0.05) is 12.1 Å². The summed E-state index contributed by atoms with van der Waals surface area (Å²) in [5, 5.41) is 0. The second kappa shape index (κ2) is 6.74. The molecule has 0 radical (unpaired) electrons. The summed E-state index contributed by atoms with van der Waals surface area (Å²) >= 11 is 0. The van der Waals surface area contributed by atoms with E-state index in [1.54, 1.807) is 28.9 Å². The number of rotatable bonds is 2. The molecule has 2 fully saturated rings. The van der Waals surface area contributed by atoms with Gasteiger partial charge in [0.1, 0.15) is 12.1 Å². The van der Waals surface area contributed by atoms with Crippen LogP contribution in [0.1, 0.15) is 49.4 Å². The van der Waals surface area contributed by atoms with Crippen LogP contribution in [0, 0.1) is 0 Å². The van der Waals surface area contributed by atoms with Crippen molar-refractivity contribution in [2.45, 2.75) is 51.1 Å². The van der Waals surface area contributed by atoms with Gasteiger partial charge >= 0.3 is 0 Å². The highest BCUT2D eigenvalue weighted by atomic mass is 16.2. The summed E-state index contributed by atoms with van der Waals surface area (Å²) in [6.07, 6.45) is 4.66. The van der Waals surface area contributed by atoms with Gasteiger partial charge < -0.3 is 9.80 Å². The molecule has 3 aliphatic heterocycles. The van der Waals surface area contributed by atoms with Gasteiger partial charge in [-0.15, -0.1) is 0 Å². The maximum atomic E-state index is 13.3. The number of benzene rings is 1. The zero-order valence-electron chi connectivity index (χ0n) is 15.2. The van der Waals surface area contributed by atoms with Crippen LogP contribution in [-0.4, -0.2) is 59.2 Å². The average Bonchev–Trinajstić information content (AvgIpc) is 3.15. The molecule has 1 aromatic carbocycles. The van der Waals surface area contributed by atoms with Crippen LogP contribution in [0.4, 0.5) is 5.69 Å². The number of likely N-dealkylation sites (tertiary alicyclic amines) is 1. The first kappa shape index (κ1) is 17.1. The minimum Gasteiger partial charge on any atom is -0.341 e. The van der Waals surface area contributed by atoms with E-state index in [2.05, 4.69) is 0 Å². The van der Waals surface area contributed by atoms with Crippen LogP contribution in [0.25, 0.3) is 0 Å². The molecule has 0 unspecified atom stereocenters. The fraction of sp³-hybridized carbons (Fsp3) is 0.550. The highest BCUT2D eigenvalue weighted by molar-refractivity contribution is 6.13. The van der Waals surface area contributed by atoms with Crippen LogP contribution in [0.5, 0.6) is 0 Å². The molecule has 3 amide bonds. The van der Waals surface area contributed by atoms with Gasteiger partial charge in [-0.3, -0.25) is 19.3 Å². The van der Waals surface area contributed by atoms with Gasteiger partial charge in [0.2, 0.25) is 5.91 Å². The maximum absolute atomic E-state index is 13.3. The first-order chi connectivity index (χ1) is 12.6. The smallest absolute Gasteiger partial charge is 0.256 e. The molecule has 138 valence electrons. The van der Waals surface area contributed by atoms with Crippen molar-refractivity contribution >= 4 is 23.4 Å². The minimum absolute atomic E-state index is 0.0215. The monoisotopic (exact) mass is 355 g/mol. The molecule has 4 rings (SSSR count). The number of carbonyl (C=O) groups excluding carboxylic acids is 3. The number of hydrogen-bond acceptors (Lipinski definition) is 3. The molecule has 3 heterocycles. The van der Waals surface area contributed by atoms with Crippen LogP contribution < -0.4 is 4.90 Å². The Balaban J connectivity index is 1.73. The zero-order valence-corrected chi connectivity index (χ0v) is 15.2. The number of amides is 3. The van der Waals surface area contributed by atoms with E-state index >= 15 is 0 Å². The van der Waals surface area contributed by atoms with E-state index in [-0.39, 0.29) is 17.7 Å². The van der Waals surface area contributed by atoms with Crippen molar-refractivity contribution in [2.24, 2.45) is 0 Å². The van der Waals surface area contributed by atoms with Crippen LogP contribution >= 0.6 is 0 Å². The molecular formula is C20H25N3O3. The van der Waals surface area contributed by atoms with Crippen molar-refractivity contribution in [1.29, 1.82) is 0 Å². The molecular weight excluding hydrogens is 330 g/mol. The summed E-state index contributed by atoms with van der Waals surface area (Å²) < 4.78 is 0. The lowest BCUT2D eigenvalue weighted by molar-refractivity contribution is -0.135. The first-order valence-corrected chi connectivity index (χ1v) is 9.61. The number of anilines is 1. The molecule has 2 atom stereocenters. The van der Waals surface area contributed by atoms with Gasteiger partial charge in [0.05, 0.1) is 11.3 Å². The maximum Gasteiger partial charge on any atom is 0.256 e. The lowest BCUT2D eigenvalue weighted by Gasteiger charge is -2.35. The Morgan fingerprint density at radius 1 is 1.04 bits per heavy atom. The van der Waals surface area contributed by atoms with Gasteiger partial charge in [0.15, 0.2) is 0 Å². The fourth-order valence-electron chi connectivity index (χ4n) is 4.45.